The molecule has 0 aliphatic carbocycles. The predicted octanol–water partition coefficient (Wildman–Crippen LogP) is 4.50. The number of hydrogen-bond donors (Lipinski definition) is 0. The van der Waals surface area contributed by atoms with Gasteiger partial charge in [-0.2, -0.15) is 0 Å². The summed E-state index contributed by atoms with van der Waals surface area (Å²) in [6, 6.07) is 21.8. The smallest absolute Gasteiger partial charge is 0.236 e. The van der Waals surface area contributed by atoms with Crippen molar-refractivity contribution in [3.05, 3.63) is 85.3 Å². The third kappa shape index (κ3) is 1.76. The van der Waals surface area contributed by atoms with Crippen LogP contribution >= 0.6 is 7.29 Å². The molecule has 0 bridgehead atoms. The Kier molecular flexibility index (Phi) is 2.84. The molecule has 1 unspecified atom stereocenters. The zero-order chi connectivity index (χ0) is 18.0. The highest BCUT2D eigenvalue weighted by Gasteiger charge is 2.48. The number of hydrogen-bond acceptors (Lipinski definition) is 3. The van der Waals surface area contributed by atoms with E-state index in [0.717, 1.165) is 44.4 Å². The molecule has 0 spiro atoms. The Balaban J connectivity index is 1.84. The molecule has 0 radical (unpaired) electrons. The van der Waals surface area contributed by atoms with Crippen molar-refractivity contribution >= 4 is 29.4 Å². The Morgan fingerprint density at radius 1 is 0.704 bits per heavy atom. The monoisotopic (exact) mass is 367 g/mol. The zero-order valence-corrected chi connectivity index (χ0v) is 15.2. The van der Waals surface area contributed by atoms with Crippen LogP contribution in [0.3, 0.4) is 0 Å². The Morgan fingerprint density at radius 2 is 1.37 bits per heavy atom. The summed E-state index contributed by atoms with van der Waals surface area (Å²) in [6.07, 6.45) is 5.36. The molecule has 2 aromatic heterocycles. The van der Waals surface area contributed by atoms with Gasteiger partial charge in [-0.15, -0.1) is 0 Å². The molecule has 27 heavy (non-hydrogen) atoms. The molecule has 0 saturated heterocycles. The molecule has 4 heterocycles. The van der Waals surface area contributed by atoms with Gasteiger partial charge in [-0.1, -0.05) is 36.4 Å². The van der Waals surface area contributed by atoms with Crippen molar-refractivity contribution in [2.24, 2.45) is 0 Å². The van der Waals surface area contributed by atoms with Crippen LogP contribution in [0.15, 0.2) is 85.3 Å². The average Bonchev–Trinajstić information content (AvgIpc) is 2.74. The number of anilines is 2. The lowest BCUT2D eigenvalue weighted by atomic mass is 10.0. The van der Waals surface area contributed by atoms with E-state index in [2.05, 4.69) is 9.97 Å². The van der Waals surface area contributed by atoms with Crippen molar-refractivity contribution < 1.29 is 4.57 Å². The average molecular weight is 367 g/mol. The van der Waals surface area contributed by atoms with E-state index in [1.54, 1.807) is 12.4 Å². The maximum absolute atomic E-state index is 14.9. The molecule has 0 amide bonds. The molecule has 4 aromatic rings. The zero-order valence-electron chi connectivity index (χ0n) is 14.3. The minimum atomic E-state index is -3.12. The van der Waals surface area contributed by atoms with E-state index in [9.17, 15) is 4.57 Å². The summed E-state index contributed by atoms with van der Waals surface area (Å²) in [5.74, 6) is 0.737. The summed E-state index contributed by atoms with van der Waals surface area (Å²) < 4.78 is 16.8. The predicted molar refractivity (Wildman–Crippen MR) is 108 cm³/mol. The molecule has 1 atom stereocenters. The van der Waals surface area contributed by atoms with E-state index in [-0.39, 0.29) is 0 Å². The molecule has 0 N–H and O–H groups in total. The number of pyridine rings is 2. The molecule has 5 heteroatoms. The van der Waals surface area contributed by atoms with Crippen molar-refractivity contribution in [1.82, 2.24) is 9.97 Å². The van der Waals surface area contributed by atoms with Gasteiger partial charge in [-0.25, -0.2) is 4.98 Å². The number of fused-ring (bicyclic) bond motifs is 11. The Morgan fingerprint density at radius 3 is 2.15 bits per heavy atom. The van der Waals surface area contributed by atoms with Gasteiger partial charge in [0.2, 0.25) is 7.29 Å². The van der Waals surface area contributed by atoms with Crippen LogP contribution in [0.25, 0.3) is 22.3 Å². The lowest BCUT2D eigenvalue weighted by molar-refractivity contribution is 0.586. The quantitative estimate of drug-likeness (QED) is 0.429. The Hall–Kier alpha value is -3.23. The minimum Gasteiger partial charge on any atom is -0.289 e. The molecule has 2 aliphatic rings. The van der Waals surface area contributed by atoms with Crippen molar-refractivity contribution in [2.45, 2.75) is 0 Å². The summed E-state index contributed by atoms with van der Waals surface area (Å²) >= 11 is 0. The Labute approximate surface area is 156 Å². The Bertz CT molecular complexity index is 1190. The maximum atomic E-state index is 14.9. The van der Waals surface area contributed by atoms with Crippen molar-refractivity contribution in [3.8, 4) is 22.3 Å². The third-order valence-electron chi connectivity index (χ3n) is 5.34. The molecule has 2 aliphatic heterocycles. The fourth-order valence-electron chi connectivity index (χ4n) is 4.23. The number of aromatic nitrogens is 2. The van der Waals surface area contributed by atoms with Gasteiger partial charge in [0, 0.05) is 40.3 Å². The highest BCUT2D eigenvalue weighted by atomic mass is 31.2. The lowest BCUT2D eigenvalue weighted by Gasteiger charge is -2.43. The number of nitrogens with zero attached hydrogens (tertiary/aromatic N) is 3. The van der Waals surface area contributed by atoms with Crippen LogP contribution in [-0.4, -0.2) is 9.97 Å². The second-order valence-corrected chi connectivity index (χ2v) is 9.21. The fourth-order valence-corrected chi connectivity index (χ4v) is 7.44. The summed E-state index contributed by atoms with van der Waals surface area (Å²) in [4.78, 5) is 8.97. The third-order valence-corrected chi connectivity index (χ3v) is 8.39. The first-order chi connectivity index (χ1) is 13.3. The molecule has 0 fully saturated rings. The van der Waals surface area contributed by atoms with E-state index in [1.165, 1.54) is 0 Å². The second kappa shape index (κ2) is 5.15. The van der Waals surface area contributed by atoms with Gasteiger partial charge in [-0.3, -0.25) is 14.2 Å². The van der Waals surface area contributed by atoms with Gasteiger partial charge in [0.15, 0.2) is 0 Å². The topological polar surface area (TPSA) is 46.1 Å². The molecule has 4 nitrogen and oxygen atoms in total. The van der Waals surface area contributed by atoms with Crippen LogP contribution in [0, 0.1) is 0 Å². The first-order valence-corrected chi connectivity index (χ1v) is 10.5. The molecular weight excluding hydrogens is 353 g/mol. The SMILES string of the molecule is O=P12c3ccccc3-c3cnccc3N1c1ncccc1-c1ccccc12. The van der Waals surface area contributed by atoms with Crippen molar-refractivity contribution in [3.63, 3.8) is 0 Å². The second-order valence-electron chi connectivity index (χ2n) is 6.69. The summed E-state index contributed by atoms with van der Waals surface area (Å²) in [5, 5.41) is 1.70. The molecular formula is C22H14N3OP. The number of rotatable bonds is 0. The maximum Gasteiger partial charge on any atom is 0.236 e. The van der Waals surface area contributed by atoms with Crippen LogP contribution in [0.2, 0.25) is 0 Å². The first kappa shape index (κ1) is 14.9. The van der Waals surface area contributed by atoms with Gasteiger partial charge in [0.05, 0.1) is 5.69 Å². The van der Waals surface area contributed by atoms with E-state index >= 15 is 0 Å². The van der Waals surface area contributed by atoms with Gasteiger partial charge >= 0.3 is 0 Å². The first-order valence-electron chi connectivity index (χ1n) is 8.80. The van der Waals surface area contributed by atoms with Crippen LogP contribution in [0.1, 0.15) is 0 Å². The van der Waals surface area contributed by atoms with Crippen LogP contribution in [0.5, 0.6) is 0 Å². The van der Waals surface area contributed by atoms with Gasteiger partial charge in [0.1, 0.15) is 5.82 Å². The van der Waals surface area contributed by atoms with Crippen molar-refractivity contribution in [1.29, 1.82) is 0 Å². The molecule has 0 saturated carbocycles. The van der Waals surface area contributed by atoms with Crippen LogP contribution in [-0.2, 0) is 4.57 Å². The fraction of sp³-hybridized carbons (Fsp3) is 0. The van der Waals surface area contributed by atoms with Gasteiger partial charge in [-0.05, 0) is 41.5 Å². The normalized spacial score (nSPS) is 18.6. The summed E-state index contributed by atoms with van der Waals surface area (Å²) in [5.41, 5.74) is 4.85. The molecule has 128 valence electrons. The van der Waals surface area contributed by atoms with E-state index < -0.39 is 7.29 Å². The minimum absolute atomic E-state index is 0.737. The highest BCUT2D eigenvalue weighted by Crippen LogP contribution is 2.64. The molecule has 2 aromatic carbocycles. The van der Waals surface area contributed by atoms with E-state index in [4.69, 9.17) is 0 Å². The molecule has 6 rings (SSSR count). The summed E-state index contributed by atoms with van der Waals surface area (Å²) in [7, 11) is -3.12. The van der Waals surface area contributed by atoms with E-state index in [0.29, 0.717) is 0 Å². The number of benzene rings is 2. The van der Waals surface area contributed by atoms with Crippen LogP contribution < -0.4 is 15.3 Å². The van der Waals surface area contributed by atoms with E-state index in [1.807, 2.05) is 77.6 Å². The standard InChI is InChI=1S/C22H14N3OP/c26-27-20-9-3-1-6-15(20)17-8-5-12-24-22(17)25(27)19-11-13-23-14-18(19)16-7-2-4-10-21(16)27/h1-14H. The largest absolute Gasteiger partial charge is 0.289 e. The summed E-state index contributed by atoms with van der Waals surface area (Å²) in [6.45, 7) is 0. The van der Waals surface area contributed by atoms with Crippen molar-refractivity contribution in [2.75, 3.05) is 4.67 Å². The highest BCUT2D eigenvalue weighted by molar-refractivity contribution is 7.81. The lowest BCUT2D eigenvalue weighted by Crippen LogP contribution is -2.37. The van der Waals surface area contributed by atoms with Crippen LogP contribution in [0.4, 0.5) is 11.5 Å². The van der Waals surface area contributed by atoms with Gasteiger partial charge < -0.3 is 0 Å². The van der Waals surface area contributed by atoms with Gasteiger partial charge in [0.25, 0.3) is 0 Å².